The number of nitrogens with one attached hydrogen (secondary N) is 1. The molecule has 120 valence electrons. The standard InChI is InChI=1S/C14H20FN5O2/c1-2-10-7-11(22-19-10)8-16-14-17-9-12(15)13(18-14)20-3-5-21-6-4-20/h9,11H,2-8H2,1H3,(H,16,17,18)/t11-/m1/s1. The van der Waals surface area contributed by atoms with Crippen molar-refractivity contribution < 1.29 is 14.0 Å². The summed E-state index contributed by atoms with van der Waals surface area (Å²) in [6.45, 7) is 5.02. The second-order valence-corrected chi connectivity index (χ2v) is 5.29. The lowest BCUT2D eigenvalue weighted by molar-refractivity contribution is 0.0948. The molecule has 1 saturated heterocycles. The van der Waals surface area contributed by atoms with E-state index in [4.69, 9.17) is 9.57 Å². The van der Waals surface area contributed by atoms with Crippen LogP contribution in [0.4, 0.5) is 16.2 Å². The van der Waals surface area contributed by atoms with Gasteiger partial charge in [0.2, 0.25) is 5.95 Å². The molecule has 1 N–H and O–H groups in total. The van der Waals surface area contributed by atoms with E-state index in [-0.39, 0.29) is 6.10 Å². The monoisotopic (exact) mass is 309 g/mol. The molecule has 1 aromatic heterocycles. The summed E-state index contributed by atoms with van der Waals surface area (Å²) in [7, 11) is 0. The van der Waals surface area contributed by atoms with Crippen molar-refractivity contribution in [1.82, 2.24) is 9.97 Å². The molecule has 1 aromatic rings. The third-order valence-electron chi connectivity index (χ3n) is 3.73. The minimum Gasteiger partial charge on any atom is -0.390 e. The van der Waals surface area contributed by atoms with E-state index in [2.05, 4.69) is 27.4 Å². The van der Waals surface area contributed by atoms with E-state index >= 15 is 0 Å². The van der Waals surface area contributed by atoms with Crippen LogP contribution in [-0.2, 0) is 9.57 Å². The first-order valence-corrected chi connectivity index (χ1v) is 7.57. The Morgan fingerprint density at radius 1 is 1.41 bits per heavy atom. The SMILES string of the molecule is CCC1=NO[C@@H](CNc2ncc(F)c(N3CCOCC3)n2)C1. The lowest BCUT2D eigenvalue weighted by Crippen LogP contribution is -2.37. The van der Waals surface area contributed by atoms with Gasteiger partial charge in [-0.05, 0) is 6.42 Å². The van der Waals surface area contributed by atoms with Crippen LogP contribution in [0.5, 0.6) is 0 Å². The van der Waals surface area contributed by atoms with E-state index in [0.29, 0.717) is 44.6 Å². The summed E-state index contributed by atoms with van der Waals surface area (Å²) < 4.78 is 19.2. The number of hydrogen-bond donors (Lipinski definition) is 1. The number of oxime groups is 1. The third-order valence-corrected chi connectivity index (χ3v) is 3.73. The van der Waals surface area contributed by atoms with Crippen molar-refractivity contribution in [2.45, 2.75) is 25.9 Å². The highest BCUT2D eigenvalue weighted by Gasteiger charge is 2.21. The summed E-state index contributed by atoms with van der Waals surface area (Å²) >= 11 is 0. The average Bonchev–Trinajstić information content (AvgIpc) is 3.03. The lowest BCUT2D eigenvalue weighted by atomic mass is 10.1. The Bertz CT molecular complexity index is 548. The van der Waals surface area contributed by atoms with Gasteiger partial charge in [0.15, 0.2) is 11.6 Å². The van der Waals surface area contributed by atoms with Gasteiger partial charge in [0.25, 0.3) is 0 Å². The molecule has 0 radical (unpaired) electrons. The van der Waals surface area contributed by atoms with E-state index in [1.54, 1.807) is 0 Å². The van der Waals surface area contributed by atoms with Crippen molar-refractivity contribution in [1.29, 1.82) is 0 Å². The fourth-order valence-electron chi connectivity index (χ4n) is 2.45. The minimum absolute atomic E-state index is 0.0181. The summed E-state index contributed by atoms with van der Waals surface area (Å²) in [5, 5.41) is 7.10. The van der Waals surface area contributed by atoms with E-state index in [1.165, 1.54) is 6.20 Å². The van der Waals surface area contributed by atoms with Crippen LogP contribution < -0.4 is 10.2 Å². The molecule has 22 heavy (non-hydrogen) atoms. The predicted molar refractivity (Wildman–Crippen MR) is 80.7 cm³/mol. The molecule has 0 amide bonds. The normalized spacial score (nSPS) is 21.5. The Morgan fingerprint density at radius 3 is 2.95 bits per heavy atom. The zero-order chi connectivity index (χ0) is 15.4. The van der Waals surface area contributed by atoms with E-state index in [0.717, 1.165) is 18.6 Å². The molecule has 0 unspecified atom stereocenters. The van der Waals surface area contributed by atoms with Gasteiger partial charge in [-0.2, -0.15) is 4.98 Å². The molecule has 1 atom stereocenters. The fraction of sp³-hybridized carbons (Fsp3) is 0.643. The minimum atomic E-state index is -0.416. The molecular formula is C14H20FN5O2. The summed E-state index contributed by atoms with van der Waals surface area (Å²) in [5.74, 6) is 0.302. The molecule has 3 heterocycles. The first kappa shape index (κ1) is 15.0. The zero-order valence-corrected chi connectivity index (χ0v) is 12.6. The number of ether oxygens (including phenoxy) is 1. The smallest absolute Gasteiger partial charge is 0.224 e. The molecule has 0 bridgehead atoms. The highest BCUT2D eigenvalue weighted by Crippen LogP contribution is 2.19. The molecule has 3 rings (SSSR count). The van der Waals surface area contributed by atoms with Crippen molar-refractivity contribution in [3.8, 4) is 0 Å². The fourth-order valence-corrected chi connectivity index (χ4v) is 2.45. The number of rotatable bonds is 5. The van der Waals surface area contributed by atoms with Crippen LogP contribution in [-0.4, -0.2) is 54.6 Å². The number of anilines is 2. The molecular weight excluding hydrogens is 289 g/mol. The summed E-state index contributed by atoms with van der Waals surface area (Å²) in [6, 6.07) is 0. The van der Waals surface area contributed by atoms with Gasteiger partial charge in [-0.15, -0.1) is 0 Å². The number of halogens is 1. The van der Waals surface area contributed by atoms with E-state index in [9.17, 15) is 4.39 Å². The molecule has 7 nitrogen and oxygen atoms in total. The van der Waals surface area contributed by atoms with Gasteiger partial charge in [-0.25, -0.2) is 9.37 Å². The average molecular weight is 309 g/mol. The Morgan fingerprint density at radius 2 is 2.23 bits per heavy atom. The predicted octanol–water partition coefficient (Wildman–Crippen LogP) is 1.42. The molecule has 2 aliphatic rings. The largest absolute Gasteiger partial charge is 0.390 e. The van der Waals surface area contributed by atoms with Crippen LogP contribution in [0.2, 0.25) is 0 Å². The topological polar surface area (TPSA) is 71.9 Å². The second kappa shape index (κ2) is 6.87. The summed E-state index contributed by atoms with van der Waals surface area (Å²) in [4.78, 5) is 15.5. The molecule has 2 aliphatic heterocycles. The van der Waals surface area contributed by atoms with Crippen LogP contribution in [0.3, 0.4) is 0 Å². The van der Waals surface area contributed by atoms with Gasteiger partial charge < -0.3 is 19.8 Å². The quantitative estimate of drug-likeness (QED) is 0.887. The second-order valence-electron chi connectivity index (χ2n) is 5.29. The maximum Gasteiger partial charge on any atom is 0.224 e. The number of aromatic nitrogens is 2. The molecule has 8 heteroatoms. The van der Waals surface area contributed by atoms with Crippen molar-refractivity contribution in [3.63, 3.8) is 0 Å². The number of hydrogen-bond acceptors (Lipinski definition) is 7. The molecule has 0 aliphatic carbocycles. The van der Waals surface area contributed by atoms with Crippen molar-refractivity contribution in [2.75, 3.05) is 43.1 Å². The van der Waals surface area contributed by atoms with Crippen LogP contribution in [0, 0.1) is 5.82 Å². The molecule has 1 fully saturated rings. The Hall–Kier alpha value is -1.96. The van der Waals surface area contributed by atoms with Gasteiger partial charge in [-0.3, -0.25) is 0 Å². The number of nitrogens with zero attached hydrogens (tertiary/aromatic N) is 4. The molecule has 0 saturated carbocycles. The third kappa shape index (κ3) is 3.44. The molecule has 0 spiro atoms. The first-order valence-electron chi connectivity index (χ1n) is 7.57. The number of morpholine rings is 1. The van der Waals surface area contributed by atoms with Gasteiger partial charge >= 0.3 is 0 Å². The van der Waals surface area contributed by atoms with Crippen LogP contribution >= 0.6 is 0 Å². The summed E-state index contributed by atoms with van der Waals surface area (Å²) in [5.41, 5.74) is 1.06. The van der Waals surface area contributed by atoms with E-state index in [1.807, 2.05) is 4.90 Å². The van der Waals surface area contributed by atoms with Crippen molar-refractivity contribution in [2.24, 2.45) is 5.16 Å². The zero-order valence-electron chi connectivity index (χ0n) is 12.6. The highest BCUT2D eigenvalue weighted by molar-refractivity contribution is 5.85. The van der Waals surface area contributed by atoms with Gasteiger partial charge in [-0.1, -0.05) is 12.1 Å². The highest BCUT2D eigenvalue weighted by atomic mass is 19.1. The van der Waals surface area contributed by atoms with Crippen LogP contribution in [0.1, 0.15) is 19.8 Å². The Balaban J connectivity index is 1.60. The Labute approximate surface area is 128 Å². The van der Waals surface area contributed by atoms with Gasteiger partial charge in [0.05, 0.1) is 31.7 Å². The van der Waals surface area contributed by atoms with Crippen molar-refractivity contribution in [3.05, 3.63) is 12.0 Å². The van der Waals surface area contributed by atoms with Crippen LogP contribution in [0.25, 0.3) is 0 Å². The first-order chi connectivity index (χ1) is 10.8. The maximum atomic E-state index is 13.9. The van der Waals surface area contributed by atoms with Gasteiger partial charge in [0, 0.05) is 19.5 Å². The Kier molecular flexibility index (Phi) is 4.67. The maximum absolute atomic E-state index is 13.9. The van der Waals surface area contributed by atoms with Crippen molar-refractivity contribution >= 4 is 17.5 Å². The molecule has 0 aromatic carbocycles. The lowest BCUT2D eigenvalue weighted by Gasteiger charge is -2.28. The van der Waals surface area contributed by atoms with Gasteiger partial charge in [0.1, 0.15) is 6.10 Å². The van der Waals surface area contributed by atoms with Crippen LogP contribution in [0.15, 0.2) is 11.4 Å². The summed E-state index contributed by atoms with van der Waals surface area (Å²) in [6.07, 6.45) is 2.88. The van der Waals surface area contributed by atoms with E-state index < -0.39 is 5.82 Å².